The summed E-state index contributed by atoms with van der Waals surface area (Å²) in [5.74, 6) is -1.66. The van der Waals surface area contributed by atoms with Crippen molar-refractivity contribution in [2.45, 2.75) is 24.9 Å². The van der Waals surface area contributed by atoms with Gasteiger partial charge in [0.25, 0.3) is 0 Å². The molecule has 0 aromatic carbocycles. The summed E-state index contributed by atoms with van der Waals surface area (Å²) in [6.45, 7) is 3.50. The highest BCUT2D eigenvalue weighted by Gasteiger charge is 2.26. The average Bonchev–Trinajstić information content (AvgIpc) is 2.66. The van der Waals surface area contributed by atoms with Crippen LogP contribution in [0.1, 0.15) is 12.8 Å². The fourth-order valence-electron chi connectivity index (χ4n) is 1.57. The number of carbonyl (C=O) groups excluding carboxylic acids is 1. The molecule has 88 valence electrons. The first-order chi connectivity index (χ1) is 7.54. The Morgan fingerprint density at radius 1 is 1.62 bits per heavy atom. The van der Waals surface area contributed by atoms with Crippen molar-refractivity contribution >= 4 is 11.9 Å². The smallest absolute Gasteiger partial charge is 0.310 e. The predicted molar refractivity (Wildman–Crippen MR) is 59.6 cm³/mol. The van der Waals surface area contributed by atoms with E-state index in [1.807, 2.05) is 0 Å². The van der Waals surface area contributed by atoms with Gasteiger partial charge >= 0.3 is 5.97 Å². The van der Waals surface area contributed by atoms with Crippen LogP contribution in [-0.2, 0) is 9.59 Å². The van der Waals surface area contributed by atoms with E-state index in [0.29, 0.717) is 12.8 Å². The molecule has 0 heterocycles. The van der Waals surface area contributed by atoms with Gasteiger partial charge in [-0.15, -0.1) is 6.58 Å². The van der Waals surface area contributed by atoms with E-state index in [4.69, 9.17) is 10.8 Å². The van der Waals surface area contributed by atoms with E-state index in [-0.39, 0.29) is 11.9 Å². The Labute approximate surface area is 94.0 Å². The van der Waals surface area contributed by atoms with Crippen molar-refractivity contribution in [1.29, 1.82) is 0 Å². The molecule has 1 rings (SSSR count). The number of hydrogen-bond acceptors (Lipinski definition) is 3. The van der Waals surface area contributed by atoms with Crippen molar-refractivity contribution in [2.75, 3.05) is 0 Å². The Bertz CT molecular complexity index is 325. The predicted octanol–water partition coefficient (Wildman–Crippen LogP) is 0.0353. The topological polar surface area (TPSA) is 92.4 Å². The maximum Gasteiger partial charge on any atom is 0.310 e. The highest BCUT2D eigenvalue weighted by Crippen LogP contribution is 2.17. The van der Waals surface area contributed by atoms with Crippen molar-refractivity contribution in [2.24, 2.45) is 11.7 Å². The summed E-state index contributed by atoms with van der Waals surface area (Å²) in [7, 11) is 0. The molecule has 0 saturated heterocycles. The lowest BCUT2D eigenvalue weighted by atomic mass is 10.1. The summed E-state index contributed by atoms with van der Waals surface area (Å²) in [5, 5.41) is 11.4. The van der Waals surface area contributed by atoms with Crippen molar-refractivity contribution in [1.82, 2.24) is 5.32 Å². The number of carbonyl (C=O) groups is 2. The number of nitrogens with one attached hydrogen (secondary N) is 1. The van der Waals surface area contributed by atoms with Crippen molar-refractivity contribution in [3.8, 4) is 0 Å². The molecular formula is C11H16N2O3. The van der Waals surface area contributed by atoms with Crippen LogP contribution in [0, 0.1) is 5.92 Å². The molecule has 0 radical (unpaired) electrons. The van der Waals surface area contributed by atoms with Crippen LogP contribution < -0.4 is 11.1 Å². The van der Waals surface area contributed by atoms with E-state index < -0.39 is 17.9 Å². The summed E-state index contributed by atoms with van der Waals surface area (Å²) >= 11 is 0. The van der Waals surface area contributed by atoms with Gasteiger partial charge in [-0.25, -0.2) is 0 Å². The minimum atomic E-state index is -0.872. The number of rotatable bonds is 5. The third kappa shape index (κ3) is 3.20. The van der Waals surface area contributed by atoms with Gasteiger partial charge in [0.05, 0.1) is 12.0 Å². The summed E-state index contributed by atoms with van der Waals surface area (Å²) in [6, 6.07) is -0.848. The Kier molecular flexibility index (Phi) is 4.25. The van der Waals surface area contributed by atoms with Gasteiger partial charge in [-0.1, -0.05) is 18.2 Å². The fraction of sp³-hybridized carbons (Fsp3) is 0.455. The van der Waals surface area contributed by atoms with Crippen LogP contribution in [0.4, 0.5) is 0 Å². The normalized spacial score (nSPS) is 25.1. The van der Waals surface area contributed by atoms with E-state index >= 15 is 0 Å². The van der Waals surface area contributed by atoms with Crippen LogP contribution in [-0.4, -0.2) is 29.1 Å². The summed E-state index contributed by atoms with van der Waals surface area (Å²) in [5.41, 5.74) is 5.58. The number of carboxylic acid groups (broad SMARTS) is 1. The molecule has 4 N–H and O–H groups in total. The number of hydrogen-bond donors (Lipinski definition) is 3. The molecule has 5 nitrogen and oxygen atoms in total. The quantitative estimate of drug-likeness (QED) is 0.575. The lowest BCUT2D eigenvalue weighted by Crippen LogP contribution is -2.44. The number of carboxylic acids is 1. The van der Waals surface area contributed by atoms with Crippen molar-refractivity contribution < 1.29 is 14.7 Å². The van der Waals surface area contributed by atoms with Crippen LogP contribution >= 0.6 is 0 Å². The van der Waals surface area contributed by atoms with Gasteiger partial charge in [0.2, 0.25) is 5.91 Å². The maximum absolute atomic E-state index is 11.5. The second kappa shape index (κ2) is 5.46. The maximum atomic E-state index is 11.5. The summed E-state index contributed by atoms with van der Waals surface area (Å²) in [4.78, 5) is 22.2. The monoisotopic (exact) mass is 224 g/mol. The van der Waals surface area contributed by atoms with Gasteiger partial charge in [0.1, 0.15) is 0 Å². The van der Waals surface area contributed by atoms with Crippen LogP contribution in [0.2, 0.25) is 0 Å². The minimum absolute atomic E-state index is 0.232. The third-order valence-electron chi connectivity index (χ3n) is 2.49. The SMILES string of the molecule is C=CCC(N)C(=O)NC1C=CC(C(=O)O)C1. The largest absolute Gasteiger partial charge is 0.481 e. The second-order valence-corrected chi connectivity index (χ2v) is 3.81. The Morgan fingerprint density at radius 3 is 2.81 bits per heavy atom. The molecule has 3 unspecified atom stereocenters. The molecule has 1 aliphatic rings. The van der Waals surface area contributed by atoms with Crippen LogP contribution in [0.25, 0.3) is 0 Å². The van der Waals surface area contributed by atoms with Gasteiger partial charge in [-0.3, -0.25) is 9.59 Å². The highest BCUT2D eigenvalue weighted by atomic mass is 16.4. The molecule has 0 aliphatic heterocycles. The number of nitrogens with two attached hydrogens (primary N) is 1. The number of amides is 1. The van der Waals surface area contributed by atoms with Gasteiger partial charge in [-0.2, -0.15) is 0 Å². The molecule has 0 aromatic heterocycles. The molecule has 5 heteroatoms. The Hall–Kier alpha value is -1.62. The molecular weight excluding hydrogens is 208 g/mol. The average molecular weight is 224 g/mol. The first-order valence-electron chi connectivity index (χ1n) is 5.12. The Morgan fingerprint density at radius 2 is 2.31 bits per heavy atom. The Balaban J connectivity index is 2.40. The fourth-order valence-corrected chi connectivity index (χ4v) is 1.57. The molecule has 0 bridgehead atoms. The lowest BCUT2D eigenvalue weighted by Gasteiger charge is -2.15. The lowest BCUT2D eigenvalue weighted by molar-refractivity contribution is -0.140. The van der Waals surface area contributed by atoms with E-state index in [1.165, 1.54) is 0 Å². The van der Waals surface area contributed by atoms with Crippen molar-refractivity contribution in [3.63, 3.8) is 0 Å². The summed E-state index contributed by atoms with van der Waals surface area (Å²) < 4.78 is 0. The zero-order valence-electron chi connectivity index (χ0n) is 8.93. The molecule has 3 atom stereocenters. The molecule has 16 heavy (non-hydrogen) atoms. The van der Waals surface area contributed by atoms with Gasteiger partial charge < -0.3 is 16.2 Å². The van der Waals surface area contributed by atoms with E-state index in [0.717, 1.165) is 0 Å². The number of aliphatic carboxylic acids is 1. The molecule has 1 amide bonds. The molecule has 0 spiro atoms. The minimum Gasteiger partial charge on any atom is -0.481 e. The zero-order chi connectivity index (χ0) is 12.1. The molecule has 0 saturated carbocycles. The van der Waals surface area contributed by atoms with E-state index in [2.05, 4.69) is 11.9 Å². The standard InChI is InChI=1S/C11H16N2O3/c1-2-3-9(12)10(14)13-8-5-4-7(6-8)11(15)16/h2,4-5,7-9H,1,3,6,12H2,(H,13,14)(H,15,16). The van der Waals surface area contributed by atoms with Crippen LogP contribution in [0.15, 0.2) is 24.8 Å². The van der Waals surface area contributed by atoms with Gasteiger partial charge in [0.15, 0.2) is 0 Å². The molecule has 1 aliphatic carbocycles. The third-order valence-corrected chi connectivity index (χ3v) is 2.49. The van der Waals surface area contributed by atoms with E-state index in [1.54, 1.807) is 18.2 Å². The van der Waals surface area contributed by atoms with E-state index in [9.17, 15) is 9.59 Å². The van der Waals surface area contributed by atoms with Crippen molar-refractivity contribution in [3.05, 3.63) is 24.8 Å². The first-order valence-corrected chi connectivity index (χ1v) is 5.12. The zero-order valence-corrected chi connectivity index (χ0v) is 8.93. The van der Waals surface area contributed by atoms with Crippen LogP contribution in [0.3, 0.4) is 0 Å². The highest BCUT2D eigenvalue weighted by molar-refractivity contribution is 5.82. The van der Waals surface area contributed by atoms with Crippen LogP contribution in [0.5, 0.6) is 0 Å². The van der Waals surface area contributed by atoms with Gasteiger partial charge in [0, 0.05) is 6.04 Å². The molecule has 0 aromatic rings. The summed E-state index contributed by atoms with van der Waals surface area (Å²) in [6.07, 6.45) is 5.66. The molecule has 0 fully saturated rings. The van der Waals surface area contributed by atoms with Gasteiger partial charge in [-0.05, 0) is 12.8 Å². The second-order valence-electron chi connectivity index (χ2n) is 3.81. The first kappa shape index (κ1) is 12.4.